The first-order valence-electron chi connectivity index (χ1n) is 5.11. The van der Waals surface area contributed by atoms with E-state index in [0.717, 1.165) is 11.3 Å². The predicted molar refractivity (Wildman–Crippen MR) is 66.3 cm³/mol. The summed E-state index contributed by atoms with van der Waals surface area (Å²) in [5.74, 6) is 1.17. The summed E-state index contributed by atoms with van der Waals surface area (Å²) in [6, 6.07) is 5.37. The highest BCUT2D eigenvalue weighted by Crippen LogP contribution is 2.21. The van der Waals surface area contributed by atoms with Crippen molar-refractivity contribution < 1.29 is 4.74 Å². The normalized spacial score (nSPS) is 10.9. The second-order valence-electron chi connectivity index (χ2n) is 3.18. The van der Waals surface area contributed by atoms with Gasteiger partial charge in [0.05, 0.1) is 6.61 Å². The summed E-state index contributed by atoms with van der Waals surface area (Å²) in [6.07, 6.45) is 3.03. The molecule has 0 fully saturated rings. The first kappa shape index (κ1) is 11.6. The fourth-order valence-electron chi connectivity index (χ4n) is 1.30. The van der Waals surface area contributed by atoms with Crippen LogP contribution in [0.2, 0.25) is 5.02 Å². The van der Waals surface area contributed by atoms with Gasteiger partial charge in [0.1, 0.15) is 12.1 Å². The van der Waals surface area contributed by atoms with Gasteiger partial charge < -0.3 is 4.74 Å². The second kappa shape index (κ2) is 5.45. The van der Waals surface area contributed by atoms with Crippen LogP contribution in [0.5, 0.6) is 5.75 Å². The molecule has 0 aliphatic carbocycles. The topological polar surface area (TPSA) is 63.2 Å². The molecular weight excluding hydrogens is 240 g/mol. The molecular formula is C11H11ClN4O. The maximum atomic E-state index is 5.92. The molecule has 0 bridgehead atoms. The van der Waals surface area contributed by atoms with Crippen molar-refractivity contribution in [3.05, 3.63) is 35.1 Å². The van der Waals surface area contributed by atoms with E-state index in [1.165, 1.54) is 6.33 Å². The highest BCUT2D eigenvalue weighted by Gasteiger charge is 2.02. The highest BCUT2D eigenvalue weighted by atomic mass is 35.5. The highest BCUT2D eigenvalue weighted by molar-refractivity contribution is 6.30. The SMILES string of the molecule is CCOc1ccc(Cl)cc1C=Nc1ncn[nH]1. The number of halogens is 1. The van der Waals surface area contributed by atoms with Gasteiger partial charge in [-0.1, -0.05) is 11.6 Å². The molecule has 1 heterocycles. The van der Waals surface area contributed by atoms with Crippen LogP contribution in [-0.4, -0.2) is 28.0 Å². The number of aromatic nitrogens is 3. The third-order valence-electron chi connectivity index (χ3n) is 2.00. The van der Waals surface area contributed by atoms with Crippen molar-refractivity contribution in [2.24, 2.45) is 4.99 Å². The van der Waals surface area contributed by atoms with Crippen LogP contribution in [0.15, 0.2) is 29.5 Å². The molecule has 0 aliphatic heterocycles. The Kier molecular flexibility index (Phi) is 3.72. The van der Waals surface area contributed by atoms with Gasteiger partial charge in [0.25, 0.3) is 0 Å². The summed E-state index contributed by atoms with van der Waals surface area (Å²) in [5, 5.41) is 6.98. The van der Waals surface area contributed by atoms with Gasteiger partial charge in [-0.2, -0.15) is 10.1 Å². The third kappa shape index (κ3) is 3.04. The van der Waals surface area contributed by atoms with Crippen LogP contribution in [0, 0.1) is 0 Å². The van der Waals surface area contributed by atoms with E-state index >= 15 is 0 Å². The van der Waals surface area contributed by atoms with Crippen LogP contribution >= 0.6 is 11.6 Å². The Bertz CT molecular complexity index is 510. The van der Waals surface area contributed by atoms with Crippen LogP contribution < -0.4 is 4.74 Å². The summed E-state index contributed by atoms with van der Waals surface area (Å²) in [4.78, 5) is 8.02. The van der Waals surface area contributed by atoms with E-state index < -0.39 is 0 Å². The van der Waals surface area contributed by atoms with Crippen molar-refractivity contribution in [2.75, 3.05) is 6.61 Å². The van der Waals surface area contributed by atoms with Gasteiger partial charge in [-0.15, -0.1) is 0 Å². The monoisotopic (exact) mass is 250 g/mol. The zero-order valence-corrected chi connectivity index (χ0v) is 9.98. The molecule has 0 amide bonds. The van der Waals surface area contributed by atoms with Gasteiger partial charge in [0.2, 0.25) is 5.95 Å². The molecule has 0 atom stereocenters. The average molecular weight is 251 g/mol. The van der Waals surface area contributed by atoms with Gasteiger partial charge in [-0.25, -0.2) is 10.1 Å². The molecule has 1 N–H and O–H groups in total. The zero-order chi connectivity index (χ0) is 12.1. The van der Waals surface area contributed by atoms with E-state index in [-0.39, 0.29) is 0 Å². The molecule has 1 aromatic carbocycles. The Labute approximate surface area is 104 Å². The molecule has 0 aliphatic rings. The smallest absolute Gasteiger partial charge is 0.245 e. The fourth-order valence-corrected chi connectivity index (χ4v) is 1.48. The Morgan fingerprint density at radius 2 is 2.41 bits per heavy atom. The van der Waals surface area contributed by atoms with Crippen LogP contribution in [0.3, 0.4) is 0 Å². The molecule has 0 spiro atoms. The third-order valence-corrected chi connectivity index (χ3v) is 2.23. The predicted octanol–water partition coefficient (Wildman–Crippen LogP) is 2.61. The number of hydrogen-bond acceptors (Lipinski definition) is 4. The van der Waals surface area contributed by atoms with E-state index in [2.05, 4.69) is 20.2 Å². The first-order valence-corrected chi connectivity index (χ1v) is 5.49. The molecule has 17 heavy (non-hydrogen) atoms. The van der Waals surface area contributed by atoms with Gasteiger partial charge in [-0.05, 0) is 25.1 Å². The fraction of sp³-hybridized carbons (Fsp3) is 0.182. The van der Waals surface area contributed by atoms with Crippen molar-refractivity contribution in [2.45, 2.75) is 6.92 Å². The molecule has 6 heteroatoms. The van der Waals surface area contributed by atoms with Gasteiger partial charge in [-0.3, -0.25) is 0 Å². The van der Waals surface area contributed by atoms with Crippen molar-refractivity contribution >= 4 is 23.8 Å². The number of ether oxygens (including phenoxy) is 1. The Hall–Kier alpha value is -1.88. The van der Waals surface area contributed by atoms with Gasteiger partial charge in [0.15, 0.2) is 0 Å². The van der Waals surface area contributed by atoms with Gasteiger partial charge >= 0.3 is 0 Å². The summed E-state index contributed by atoms with van der Waals surface area (Å²) in [5.41, 5.74) is 0.802. The lowest BCUT2D eigenvalue weighted by molar-refractivity contribution is 0.340. The Balaban J connectivity index is 2.27. The number of H-pyrrole nitrogens is 1. The van der Waals surface area contributed by atoms with Crippen molar-refractivity contribution in [1.82, 2.24) is 15.2 Å². The summed E-state index contributed by atoms with van der Waals surface area (Å²) >= 11 is 5.92. The minimum absolute atomic E-state index is 0.437. The van der Waals surface area contributed by atoms with E-state index in [1.54, 1.807) is 18.3 Å². The summed E-state index contributed by atoms with van der Waals surface area (Å²) in [7, 11) is 0. The van der Waals surface area contributed by atoms with E-state index in [4.69, 9.17) is 16.3 Å². The van der Waals surface area contributed by atoms with Crippen molar-refractivity contribution in [3.63, 3.8) is 0 Å². The number of nitrogens with one attached hydrogen (secondary N) is 1. The average Bonchev–Trinajstić information content (AvgIpc) is 2.82. The Morgan fingerprint density at radius 1 is 1.53 bits per heavy atom. The van der Waals surface area contributed by atoms with Crippen molar-refractivity contribution in [3.8, 4) is 5.75 Å². The maximum Gasteiger partial charge on any atom is 0.245 e. The molecule has 0 radical (unpaired) electrons. The number of hydrogen-bond donors (Lipinski definition) is 1. The quantitative estimate of drug-likeness (QED) is 0.849. The second-order valence-corrected chi connectivity index (χ2v) is 3.62. The number of rotatable bonds is 4. The molecule has 5 nitrogen and oxygen atoms in total. The standard InChI is InChI=1S/C11H11ClN4O/c1-2-17-10-4-3-9(12)5-8(10)6-13-11-14-7-15-16-11/h3-7H,2H2,1H3,(H,14,15,16). The molecule has 0 saturated carbocycles. The zero-order valence-electron chi connectivity index (χ0n) is 9.22. The Morgan fingerprint density at radius 3 is 3.12 bits per heavy atom. The lowest BCUT2D eigenvalue weighted by Gasteiger charge is -2.06. The first-order chi connectivity index (χ1) is 8.29. The molecule has 2 rings (SSSR count). The van der Waals surface area contributed by atoms with Crippen molar-refractivity contribution in [1.29, 1.82) is 0 Å². The molecule has 0 saturated heterocycles. The number of aliphatic imine (C=N–C) groups is 1. The van der Waals surface area contributed by atoms with Gasteiger partial charge in [0, 0.05) is 16.8 Å². The van der Waals surface area contributed by atoms with Crippen LogP contribution in [0.4, 0.5) is 5.95 Å². The van der Waals surface area contributed by atoms with Crippen LogP contribution in [0.1, 0.15) is 12.5 Å². The minimum atomic E-state index is 0.437. The van der Waals surface area contributed by atoms with Crippen LogP contribution in [0.25, 0.3) is 0 Å². The maximum absolute atomic E-state index is 5.92. The van der Waals surface area contributed by atoms with E-state index in [0.29, 0.717) is 17.6 Å². The van der Waals surface area contributed by atoms with Crippen LogP contribution in [-0.2, 0) is 0 Å². The molecule has 0 unspecified atom stereocenters. The number of aromatic amines is 1. The summed E-state index contributed by atoms with van der Waals surface area (Å²) in [6.45, 7) is 2.51. The molecule has 88 valence electrons. The lowest BCUT2D eigenvalue weighted by Crippen LogP contribution is -1.95. The van der Waals surface area contributed by atoms with E-state index in [9.17, 15) is 0 Å². The molecule has 1 aromatic heterocycles. The minimum Gasteiger partial charge on any atom is -0.493 e. The lowest BCUT2D eigenvalue weighted by atomic mass is 10.2. The number of benzene rings is 1. The van der Waals surface area contributed by atoms with E-state index in [1.807, 2.05) is 13.0 Å². The molecule has 2 aromatic rings. The summed E-state index contributed by atoms with van der Waals surface area (Å²) < 4.78 is 5.47. The largest absolute Gasteiger partial charge is 0.493 e. The number of nitrogens with zero attached hydrogens (tertiary/aromatic N) is 3.